The van der Waals surface area contributed by atoms with Gasteiger partial charge in [0.25, 0.3) is 0 Å². The third-order valence-corrected chi connectivity index (χ3v) is 5.59. The highest BCUT2D eigenvalue weighted by Gasteiger charge is 2.41. The first-order chi connectivity index (χ1) is 9.00. The number of aliphatic hydroxyl groups excluding tert-OH is 2. The van der Waals surface area contributed by atoms with E-state index in [0.717, 1.165) is 5.56 Å². The number of aryl methyl sites for hydroxylation is 1. The SMILES string of the molecule is Cc1ccc(S(=O)(=O)N2[C@@H](CO)CC[C@@H]2CO)cc1. The van der Waals surface area contributed by atoms with Gasteiger partial charge in [-0.3, -0.25) is 0 Å². The molecule has 2 atom stereocenters. The Kier molecular flexibility index (Phi) is 4.25. The topological polar surface area (TPSA) is 77.8 Å². The molecule has 1 aliphatic heterocycles. The lowest BCUT2D eigenvalue weighted by Crippen LogP contribution is -2.44. The molecular weight excluding hydrogens is 266 g/mol. The van der Waals surface area contributed by atoms with Crippen LogP contribution in [-0.4, -0.2) is 48.2 Å². The monoisotopic (exact) mass is 285 g/mol. The number of hydrogen-bond acceptors (Lipinski definition) is 4. The molecule has 1 fully saturated rings. The summed E-state index contributed by atoms with van der Waals surface area (Å²) >= 11 is 0. The van der Waals surface area contributed by atoms with Crippen molar-refractivity contribution in [3.8, 4) is 0 Å². The van der Waals surface area contributed by atoms with Crippen molar-refractivity contribution < 1.29 is 18.6 Å². The molecule has 6 heteroatoms. The average molecular weight is 285 g/mol. The summed E-state index contributed by atoms with van der Waals surface area (Å²) in [7, 11) is -3.66. The highest BCUT2D eigenvalue weighted by atomic mass is 32.2. The second kappa shape index (κ2) is 5.58. The van der Waals surface area contributed by atoms with E-state index in [1.807, 2.05) is 6.92 Å². The lowest BCUT2D eigenvalue weighted by molar-refractivity contribution is 0.161. The van der Waals surface area contributed by atoms with Crippen molar-refractivity contribution in [2.75, 3.05) is 13.2 Å². The van der Waals surface area contributed by atoms with Crippen molar-refractivity contribution in [2.45, 2.75) is 36.7 Å². The Morgan fingerprint density at radius 1 is 1.11 bits per heavy atom. The maximum absolute atomic E-state index is 12.6. The van der Waals surface area contributed by atoms with Crippen LogP contribution in [0.2, 0.25) is 0 Å². The van der Waals surface area contributed by atoms with Crippen LogP contribution in [0, 0.1) is 6.92 Å². The fourth-order valence-corrected chi connectivity index (χ4v) is 4.36. The molecule has 0 saturated carbocycles. The molecule has 106 valence electrons. The summed E-state index contributed by atoms with van der Waals surface area (Å²) in [4.78, 5) is 0.205. The first-order valence-electron chi connectivity index (χ1n) is 6.32. The Labute approximate surface area is 113 Å². The van der Waals surface area contributed by atoms with Gasteiger partial charge in [0, 0.05) is 12.1 Å². The molecule has 0 bridgehead atoms. The largest absolute Gasteiger partial charge is 0.395 e. The first kappa shape index (κ1) is 14.5. The number of aliphatic hydroxyl groups is 2. The van der Waals surface area contributed by atoms with E-state index in [9.17, 15) is 18.6 Å². The minimum Gasteiger partial charge on any atom is -0.395 e. The van der Waals surface area contributed by atoms with Gasteiger partial charge in [-0.15, -0.1) is 0 Å². The highest BCUT2D eigenvalue weighted by Crippen LogP contribution is 2.30. The fourth-order valence-electron chi connectivity index (χ4n) is 2.51. The molecule has 2 rings (SSSR count). The van der Waals surface area contributed by atoms with Gasteiger partial charge >= 0.3 is 0 Å². The molecule has 5 nitrogen and oxygen atoms in total. The third-order valence-electron chi connectivity index (χ3n) is 3.57. The Morgan fingerprint density at radius 2 is 1.58 bits per heavy atom. The summed E-state index contributed by atoms with van der Waals surface area (Å²) in [6.45, 7) is 1.45. The minimum atomic E-state index is -3.66. The van der Waals surface area contributed by atoms with E-state index >= 15 is 0 Å². The lowest BCUT2D eigenvalue weighted by atomic mass is 10.2. The van der Waals surface area contributed by atoms with Gasteiger partial charge in [0.1, 0.15) is 0 Å². The maximum atomic E-state index is 12.6. The smallest absolute Gasteiger partial charge is 0.243 e. The van der Waals surface area contributed by atoms with E-state index in [1.165, 1.54) is 4.31 Å². The Balaban J connectivity index is 2.39. The molecule has 1 aromatic rings. The predicted octanol–water partition coefficient (Wildman–Crippen LogP) is 0.501. The van der Waals surface area contributed by atoms with Gasteiger partial charge < -0.3 is 10.2 Å². The molecule has 19 heavy (non-hydrogen) atoms. The molecule has 0 aromatic heterocycles. The van der Waals surface area contributed by atoms with E-state index in [-0.39, 0.29) is 18.1 Å². The van der Waals surface area contributed by atoms with Gasteiger partial charge in [-0.05, 0) is 31.9 Å². The van der Waals surface area contributed by atoms with Crippen LogP contribution in [0.3, 0.4) is 0 Å². The van der Waals surface area contributed by atoms with Gasteiger partial charge in [0.2, 0.25) is 10.0 Å². The van der Waals surface area contributed by atoms with Crippen LogP contribution in [0.25, 0.3) is 0 Å². The first-order valence-corrected chi connectivity index (χ1v) is 7.76. The van der Waals surface area contributed by atoms with Crippen molar-refractivity contribution in [3.63, 3.8) is 0 Å². The predicted molar refractivity (Wildman–Crippen MR) is 71.2 cm³/mol. The van der Waals surface area contributed by atoms with E-state index in [0.29, 0.717) is 12.8 Å². The summed E-state index contributed by atoms with van der Waals surface area (Å²) in [5, 5.41) is 18.6. The standard InChI is InChI=1S/C13H19NO4S/c1-10-2-6-13(7-3-10)19(17,18)14-11(8-15)4-5-12(14)9-16/h2-3,6-7,11-12,15-16H,4-5,8-9H2,1H3/t11-,12-/m1/s1. The van der Waals surface area contributed by atoms with Gasteiger partial charge in [0.15, 0.2) is 0 Å². The van der Waals surface area contributed by atoms with Crippen LogP contribution in [0.1, 0.15) is 18.4 Å². The van der Waals surface area contributed by atoms with Gasteiger partial charge in [-0.25, -0.2) is 8.42 Å². The molecule has 1 aromatic carbocycles. The Bertz CT molecular complexity index is 514. The molecule has 0 amide bonds. The van der Waals surface area contributed by atoms with Crippen LogP contribution in [0.15, 0.2) is 29.2 Å². The third kappa shape index (κ3) is 2.67. The molecule has 0 aliphatic carbocycles. The summed E-state index contributed by atoms with van der Waals surface area (Å²) < 4.78 is 26.4. The molecule has 0 unspecified atom stereocenters. The quantitative estimate of drug-likeness (QED) is 0.844. The molecule has 0 radical (unpaired) electrons. The van der Waals surface area contributed by atoms with Crippen molar-refractivity contribution >= 4 is 10.0 Å². The average Bonchev–Trinajstić information content (AvgIpc) is 2.82. The van der Waals surface area contributed by atoms with Crippen molar-refractivity contribution in [1.29, 1.82) is 0 Å². The second-order valence-electron chi connectivity index (χ2n) is 4.90. The normalized spacial score (nSPS) is 24.8. The molecule has 2 N–H and O–H groups in total. The van der Waals surface area contributed by atoms with E-state index < -0.39 is 22.1 Å². The minimum absolute atomic E-state index is 0.205. The van der Waals surface area contributed by atoms with E-state index in [2.05, 4.69) is 0 Å². The molecule has 1 heterocycles. The van der Waals surface area contributed by atoms with Crippen LogP contribution in [-0.2, 0) is 10.0 Å². The zero-order valence-electron chi connectivity index (χ0n) is 10.9. The van der Waals surface area contributed by atoms with Crippen LogP contribution in [0.4, 0.5) is 0 Å². The van der Waals surface area contributed by atoms with E-state index in [1.54, 1.807) is 24.3 Å². The summed E-state index contributed by atoms with van der Waals surface area (Å²) in [6.07, 6.45) is 1.15. The molecular formula is C13H19NO4S. The summed E-state index contributed by atoms with van der Waals surface area (Å²) in [5.41, 5.74) is 0.984. The number of sulfonamides is 1. The summed E-state index contributed by atoms with van der Waals surface area (Å²) in [5.74, 6) is 0. The highest BCUT2D eigenvalue weighted by molar-refractivity contribution is 7.89. The Hall–Kier alpha value is -0.950. The lowest BCUT2D eigenvalue weighted by Gasteiger charge is -2.27. The van der Waals surface area contributed by atoms with Crippen LogP contribution >= 0.6 is 0 Å². The van der Waals surface area contributed by atoms with Crippen molar-refractivity contribution in [1.82, 2.24) is 4.31 Å². The fraction of sp³-hybridized carbons (Fsp3) is 0.538. The van der Waals surface area contributed by atoms with Gasteiger partial charge in [-0.1, -0.05) is 17.7 Å². The maximum Gasteiger partial charge on any atom is 0.243 e. The molecule has 1 saturated heterocycles. The molecule has 0 spiro atoms. The van der Waals surface area contributed by atoms with Gasteiger partial charge in [-0.2, -0.15) is 4.31 Å². The number of nitrogens with zero attached hydrogens (tertiary/aromatic N) is 1. The van der Waals surface area contributed by atoms with E-state index in [4.69, 9.17) is 0 Å². The second-order valence-corrected chi connectivity index (χ2v) is 6.74. The van der Waals surface area contributed by atoms with Crippen LogP contribution < -0.4 is 0 Å². The van der Waals surface area contributed by atoms with Crippen LogP contribution in [0.5, 0.6) is 0 Å². The summed E-state index contributed by atoms with van der Waals surface area (Å²) in [6, 6.07) is 5.72. The molecule has 1 aliphatic rings. The van der Waals surface area contributed by atoms with Gasteiger partial charge in [0.05, 0.1) is 18.1 Å². The zero-order chi connectivity index (χ0) is 14.0. The number of benzene rings is 1. The number of rotatable bonds is 4. The number of hydrogen-bond donors (Lipinski definition) is 2. The van der Waals surface area contributed by atoms with Crippen molar-refractivity contribution in [2.24, 2.45) is 0 Å². The van der Waals surface area contributed by atoms with Crippen molar-refractivity contribution in [3.05, 3.63) is 29.8 Å². The zero-order valence-corrected chi connectivity index (χ0v) is 11.7. The Morgan fingerprint density at radius 3 is 2.00 bits per heavy atom.